The number of nitrogens with one attached hydrogen (secondary N) is 3. The number of quaternary nitrogens is 2. The van der Waals surface area contributed by atoms with Gasteiger partial charge in [-0.15, -0.1) is 0 Å². The van der Waals surface area contributed by atoms with E-state index in [9.17, 15) is 4.79 Å². The molecule has 0 spiro atoms. The zero-order valence-electron chi connectivity index (χ0n) is 16.7. The molecule has 29 heavy (non-hydrogen) atoms. The number of aromatic amines is 1. The van der Waals surface area contributed by atoms with Crippen molar-refractivity contribution in [3.63, 3.8) is 0 Å². The molecule has 2 aliphatic rings. The number of hydrogen-bond donors (Lipinski definition) is 3. The molecule has 3 aromatic rings. The number of piperazine rings is 1. The molecule has 0 amide bonds. The first-order valence-electron chi connectivity index (χ1n) is 10.3. The van der Waals surface area contributed by atoms with Gasteiger partial charge in [0.1, 0.15) is 39.3 Å². The monoisotopic (exact) mass is 393 g/mol. The number of ketones is 1. The van der Waals surface area contributed by atoms with E-state index in [2.05, 4.69) is 17.1 Å². The Morgan fingerprint density at radius 1 is 1.00 bits per heavy atom. The lowest BCUT2D eigenvalue weighted by atomic mass is 10.1. The van der Waals surface area contributed by atoms with Gasteiger partial charge in [0, 0.05) is 22.2 Å². The molecule has 150 valence electrons. The molecule has 0 aliphatic carbocycles. The molecule has 6 nitrogen and oxygen atoms in total. The maximum atomic E-state index is 13.0. The van der Waals surface area contributed by atoms with Gasteiger partial charge in [0.05, 0.1) is 5.56 Å². The van der Waals surface area contributed by atoms with Crippen molar-refractivity contribution in [2.45, 2.75) is 13.5 Å². The topological polar surface area (TPSA) is 60.2 Å². The Labute approximate surface area is 170 Å². The van der Waals surface area contributed by atoms with E-state index in [4.69, 9.17) is 9.47 Å². The number of aromatic nitrogens is 1. The van der Waals surface area contributed by atoms with Gasteiger partial charge in [-0.3, -0.25) is 4.79 Å². The minimum atomic E-state index is 0.245. The molecule has 1 aromatic heterocycles. The van der Waals surface area contributed by atoms with Gasteiger partial charge in [0.15, 0.2) is 11.5 Å². The number of ether oxygens (including phenoxy) is 2. The second-order valence-electron chi connectivity index (χ2n) is 8.13. The number of Topliss-reactive ketones (excluding diaryl/α,β-unsaturated/α-hetero) is 1. The highest BCUT2D eigenvalue weighted by Gasteiger charge is 2.27. The van der Waals surface area contributed by atoms with Crippen molar-refractivity contribution in [3.8, 4) is 11.5 Å². The van der Waals surface area contributed by atoms with E-state index in [0.717, 1.165) is 66.4 Å². The Kier molecular flexibility index (Phi) is 4.73. The van der Waals surface area contributed by atoms with E-state index in [1.54, 1.807) is 4.90 Å². The van der Waals surface area contributed by atoms with Crippen LogP contribution in [0.3, 0.4) is 0 Å². The second kappa shape index (κ2) is 7.54. The standard InChI is InChI=1S/C23H25N3O3/c1-16-23(18-4-2-3-5-19(18)24-16)20(27)14-26-10-8-25(9-11-26)13-17-6-7-21-22(12-17)29-15-28-21/h2-7,12,24H,8-11,13-15H2,1H3/p+2. The van der Waals surface area contributed by atoms with Crippen LogP contribution in [0.2, 0.25) is 0 Å². The molecule has 3 heterocycles. The van der Waals surface area contributed by atoms with Crippen molar-refractivity contribution in [3.05, 3.63) is 59.3 Å². The number of hydrogen-bond acceptors (Lipinski definition) is 3. The van der Waals surface area contributed by atoms with Crippen LogP contribution >= 0.6 is 0 Å². The number of benzene rings is 2. The maximum Gasteiger partial charge on any atom is 0.231 e. The smallest absolute Gasteiger partial charge is 0.231 e. The molecule has 0 radical (unpaired) electrons. The summed E-state index contributed by atoms with van der Waals surface area (Å²) in [6, 6.07) is 14.3. The van der Waals surface area contributed by atoms with Crippen LogP contribution in [0, 0.1) is 6.92 Å². The van der Waals surface area contributed by atoms with Gasteiger partial charge >= 0.3 is 0 Å². The predicted molar refractivity (Wildman–Crippen MR) is 110 cm³/mol. The molecule has 6 heteroatoms. The fraction of sp³-hybridized carbons (Fsp3) is 0.348. The van der Waals surface area contributed by atoms with Crippen LogP contribution in [0.1, 0.15) is 21.6 Å². The maximum absolute atomic E-state index is 13.0. The molecule has 1 fully saturated rings. The van der Waals surface area contributed by atoms with Crippen LogP contribution in [-0.2, 0) is 6.54 Å². The van der Waals surface area contributed by atoms with Gasteiger partial charge in [-0.05, 0) is 31.2 Å². The van der Waals surface area contributed by atoms with E-state index in [0.29, 0.717) is 13.3 Å². The first kappa shape index (κ1) is 18.2. The van der Waals surface area contributed by atoms with Crippen molar-refractivity contribution >= 4 is 16.7 Å². The largest absolute Gasteiger partial charge is 0.454 e. The highest BCUT2D eigenvalue weighted by Crippen LogP contribution is 2.32. The van der Waals surface area contributed by atoms with Crippen LogP contribution < -0.4 is 19.3 Å². The Balaban J connectivity index is 1.19. The van der Waals surface area contributed by atoms with Gasteiger partial charge in [-0.1, -0.05) is 18.2 Å². The van der Waals surface area contributed by atoms with Crippen LogP contribution in [0.25, 0.3) is 10.9 Å². The van der Waals surface area contributed by atoms with Gasteiger partial charge in [0.25, 0.3) is 0 Å². The van der Waals surface area contributed by atoms with Crippen molar-refractivity contribution in [1.29, 1.82) is 0 Å². The second-order valence-corrected chi connectivity index (χ2v) is 8.13. The molecular weight excluding hydrogens is 366 g/mol. The summed E-state index contributed by atoms with van der Waals surface area (Å²) in [4.78, 5) is 19.3. The third-order valence-corrected chi connectivity index (χ3v) is 6.14. The molecule has 2 aliphatic heterocycles. The van der Waals surface area contributed by atoms with Crippen molar-refractivity contribution in [2.24, 2.45) is 0 Å². The molecule has 5 rings (SSSR count). The average Bonchev–Trinajstić information content (AvgIpc) is 3.32. The quantitative estimate of drug-likeness (QED) is 0.549. The van der Waals surface area contributed by atoms with Crippen LogP contribution in [0.5, 0.6) is 11.5 Å². The predicted octanol–water partition coefficient (Wildman–Crippen LogP) is 0.371. The molecular formula is C23H27N3O3+2. The summed E-state index contributed by atoms with van der Waals surface area (Å²) in [5.41, 5.74) is 4.16. The van der Waals surface area contributed by atoms with Crippen LogP contribution in [-0.4, -0.2) is 50.3 Å². The summed E-state index contributed by atoms with van der Waals surface area (Å²) in [5, 5.41) is 1.04. The summed E-state index contributed by atoms with van der Waals surface area (Å²) >= 11 is 0. The molecule has 2 aromatic carbocycles. The molecule has 0 bridgehead atoms. The van der Waals surface area contributed by atoms with Gasteiger partial charge in [-0.25, -0.2) is 0 Å². The van der Waals surface area contributed by atoms with Crippen LogP contribution in [0.15, 0.2) is 42.5 Å². The summed E-state index contributed by atoms with van der Waals surface area (Å²) in [6.45, 7) is 8.06. The Morgan fingerprint density at radius 2 is 1.76 bits per heavy atom. The normalized spacial score (nSPS) is 20.9. The third-order valence-electron chi connectivity index (χ3n) is 6.14. The number of para-hydroxylation sites is 1. The Bertz CT molecular complexity index is 1050. The Morgan fingerprint density at radius 3 is 2.62 bits per heavy atom. The minimum Gasteiger partial charge on any atom is -0.454 e. The summed E-state index contributed by atoms with van der Waals surface area (Å²) in [5.74, 6) is 1.93. The third kappa shape index (κ3) is 3.61. The van der Waals surface area contributed by atoms with Gasteiger partial charge in [-0.2, -0.15) is 0 Å². The summed E-state index contributed by atoms with van der Waals surface area (Å²) in [7, 11) is 0. The van der Waals surface area contributed by atoms with E-state index in [1.807, 2.05) is 37.3 Å². The lowest BCUT2D eigenvalue weighted by Gasteiger charge is -2.29. The van der Waals surface area contributed by atoms with Gasteiger partial charge in [0.2, 0.25) is 12.6 Å². The molecule has 0 unspecified atom stereocenters. The molecule has 0 saturated carbocycles. The van der Waals surface area contributed by atoms with E-state index >= 15 is 0 Å². The fourth-order valence-corrected chi connectivity index (χ4v) is 4.60. The SMILES string of the molecule is Cc1[nH]c2ccccc2c1C(=O)C[NH+]1CC[NH+](Cc2ccc3c(c2)OCO3)CC1. The number of aryl methyl sites for hydroxylation is 1. The minimum absolute atomic E-state index is 0.245. The van der Waals surface area contributed by atoms with E-state index in [-0.39, 0.29) is 5.78 Å². The van der Waals surface area contributed by atoms with Crippen LogP contribution in [0.4, 0.5) is 0 Å². The molecule has 3 N–H and O–H groups in total. The highest BCUT2D eigenvalue weighted by molar-refractivity contribution is 6.09. The highest BCUT2D eigenvalue weighted by atomic mass is 16.7. The zero-order valence-corrected chi connectivity index (χ0v) is 16.7. The number of rotatable bonds is 5. The first-order valence-corrected chi connectivity index (χ1v) is 10.3. The van der Waals surface area contributed by atoms with Crippen molar-refractivity contribution < 1.29 is 24.1 Å². The zero-order chi connectivity index (χ0) is 19.8. The van der Waals surface area contributed by atoms with E-state index < -0.39 is 0 Å². The number of fused-ring (bicyclic) bond motifs is 2. The fourth-order valence-electron chi connectivity index (χ4n) is 4.60. The van der Waals surface area contributed by atoms with Crippen molar-refractivity contribution in [2.75, 3.05) is 39.5 Å². The van der Waals surface area contributed by atoms with Crippen molar-refractivity contribution in [1.82, 2.24) is 4.98 Å². The summed E-state index contributed by atoms with van der Waals surface area (Å²) < 4.78 is 10.9. The molecule has 0 atom stereocenters. The molecule has 1 saturated heterocycles. The average molecular weight is 393 g/mol. The van der Waals surface area contributed by atoms with E-state index in [1.165, 1.54) is 10.5 Å². The first-order chi connectivity index (χ1) is 14.2. The van der Waals surface area contributed by atoms with Gasteiger partial charge < -0.3 is 24.3 Å². The Hall–Kier alpha value is -2.83. The number of H-pyrrole nitrogens is 1. The lowest BCUT2D eigenvalue weighted by molar-refractivity contribution is -1.01. The number of carbonyl (C=O) groups is 1. The number of carbonyl (C=O) groups excluding carboxylic acids is 1. The lowest BCUT2D eigenvalue weighted by Crippen LogP contribution is -3.27. The summed E-state index contributed by atoms with van der Waals surface area (Å²) in [6.07, 6.45) is 0.